The van der Waals surface area contributed by atoms with Gasteiger partial charge in [-0.3, -0.25) is 4.79 Å². The maximum absolute atomic E-state index is 14.1. The van der Waals surface area contributed by atoms with Crippen LogP contribution in [0.15, 0.2) is 59.8 Å². The molecule has 0 saturated heterocycles. The van der Waals surface area contributed by atoms with Crippen molar-refractivity contribution in [2.24, 2.45) is 5.41 Å². The quantitative estimate of drug-likeness (QED) is 0.659. The molecule has 2 aliphatic rings. The van der Waals surface area contributed by atoms with Crippen LogP contribution in [-0.4, -0.2) is 20.5 Å². The Hall–Kier alpha value is -3.35. The summed E-state index contributed by atoms with van der Waals surface area (Å²) in [7, 11) is 0. The van der Waals surface area contributed by atoms with Gasteiger partial charge in [0.1, 0.15) is 17.7 Å². The van der Waals surface area contributed by atoms with E-state index >= 15 is 0 Å². The largest absolute Gasteiger partial charge is 0.328 e. The number of nitrogens with zero attached hydrogens (tertiary/aromatic N) is 3. The fraction of sp³-hybridized carbons (Fsp3) is 0.261. The van der Waals surface area contributed by atoms with Crippen molar-refractivity contribution >= 4 is 11.7 Å². The molecule has 152 valence electrons. The molecule has 0 fully saturated rings. The van der Waals surface area contributed by atoms with Crippen molar-refractivity contribution in [3.8, 4) is 11.4 Å². The van der Waals surface area contributed by atoms with Gasteiger partial charge in [-0.25, -0.2) is 13.5 Å². The van der Waals surface area contributed by atoms with Gasteiger partial charge in [-0.05, 0) is 53.8 Å². The molecule has 1 atom stereocenters. The lowest BCUT2D eigenvalue weighted by atomic mass is 9.73. The first-order chi connectivity index (χ1) is 14.3. The molecule has 1 aliphatic carbocycles. The minimum absolute atomic E-state index is 0.0208. The smallest absolute Gasteiger partial charge is 0.226 e. The first kappa shape index (κ1) is 18.7. The number of hydrogen-bond donors (Lipinski definition) is 1. The summed E-state index contributed by atoms with van der Waals surface area (Å²) in [6.45, 7) is 4.10. The van der Waals surface area contributed by atoms with Gasteiger partial charge in [-0.15, -0.1) is 5.10 Å². The number of carbonyl (C=O) groups excluding carboxylic acids is 1. The van der Waals surface area contributed by atoms with Crippen LogP contribution in [0.3, 0.4) is 0 Å². The molecule has 0 bridgehead atoms. The Morgan fingerprint density at radius 3 is 2.57 bits per heavy atom. The maximum atomic E-state index is 14.1. The monoisotopic (exact) mass is 406 g/mol. The number of Topliss-reactive ketones (excluding diaryl/α,β-unsaturated/α-hetero) is 1. The molecule has 5 rings (SSSR count). The van der Waals surface area contributed by atoms with Crippen LogP contribution in [0.4, 0.5) is 14.7 Å². The van der Waals surface area contributed by atoms with E-state index in [4.69, 9.17) is 0 Å². The highest BCUT2D eigenvalue weighted by Gasteiger charge is 2.42. The molecule has 1 aliphatic heterocycles. The van der Waals surface area contributed by atoms with Gasteiger partial charge in [-0.1, -0.05) is 26.0 Å². The molecule has 2 aromatic carbocycles. The molecule has 0 radical (unpaired) electrons. The molecule has 3 aromatic rings. The lowest BCUT2D eigenvalue weighted by molar-refractivity contribution is -0.118. The van der Waals surface area contributed by atoms with E-state index in [9.17, 15) is 13.6 Å². The van der Waals surface area contributed by atoms with Crippen LogP contribution in [0, 0.1) is 17.0 Å². The zero-order valence-corrected chi connectivity index (χ0v) is 16.6. The molecule has 2 heterocycles. The van der Waals surface area contributed by atoms with E-state index in [1.165, 1.54) is 24.3 Å². The summed E-state index contributed by atoms with van der Waals surface area (Å²) in [5, 5.41) is 7.89. The van der Waals surface area contributed by atoms with Crippen LogP contribution in [0.2, 0.25) is 0 Å². The molecule has 7 heteroatoms. The Kier molecular flexibility index (Phi) is 4.10. The lowest BCUT2D eigenvalue weighted by Gasteiger charge is -2.38. The number of anilines is 1. The second-order valence-corrected chi connectivity index (χ2v) is 8.63. The summed E-state index contributed by atoms with van der Waals surface area (Å²) in [6, 6.07) is 11.6. The predicted molar refractivity (Wildman–Crippen MR) is 109 cm³/mol. The van der Waals surface area contributed by atoms with Gasteiger partial charge in [0.2, 0.25) is 5.95 Å². The van der Waals surface area contributed by atoms with Gasteiger partial charge in [0.15, 0.2) is 11.6 Å². The fourth-order valence-corrected chi connectivity index (χ4v) is 4.32. The van der Waals surface area contributed by atoms with E-state index < -0.39 is 6.04 Å². The summed E-state index contributed by atoms with van der Waals surface area (Å²) in [6.07, 6.45) is 1.09. The minimum atomic E-state index is -0.572. The Morgan fingerprint density at radius 2 is 1.83 bits per heavy atom. The zero-order chi connectivity index (χ0) is 21.0. The van der Waals surface area contributed by atoms with Crippen molar-refractivity contribution in [1.29, 1.82) is 0 Å². The van der Waals surface area contributed by atoms with Crippen LogP contribution in [0.1, 0.15) is 38.3 Å². The first-order valence-electron chi connectivity index (χ1n) is 9.82. The van der Waals surface area contributed by atoms with Crippen molar-refractivity contribution in [2.45, 2.75) is 32.7 Å². The number of ketones is 1. The summed E-state index contributed by atoms with van der Waals surface area (Å²) < 4.78 is 29.0. The van der Waals surface area contributed by atoms with Gasteiger partial charge < -0.3 is 5.32 Å². The van der Waals surface area contributed by atoms with E-state index in [0.29, 0.717) is 41.3 Å². The number of benzene rings is 2. The molecule has 0 spiro atoms. The molecule has 5 nitrogen and oxygen atoms in total. The zero-order valence-electron chi connectivity index (χ0n) is 16.6. The number of hydrogen-bond acceptors (Lipinski definition) is 4. The molecule has 0 saturated carbocycles. The average Bonchev–Trinajstić information content (AvgIpc) is 3.09. The number of rotatable bonds is 2. The van der Waals surface area contributed by atoms with Gasteiger partial charge in [0.05, 0.1) is 0 Å². The molecule has 30 heavy (non-hydrogen) atoms. The normalized spacial score (nSPS) is 19.9. The first-order valence-corrected chi connectivity index (χ1v) is 9.82. The highest BCUT2D eigenvalue weighted by Crippen LogP contribution is 2.45. The maximum Gasteiger partial charge on any atom is 0.226 e. The Bertz CT molecular complexity index is 1190. The van der Waals surface area contributed by atoms with Crippen LogP contribution < -0.4 is 5.32 Å². The van der Waals surface area contributed by atoms with Crippen molar-refractivity contribution in [1.82, 2.24) is 14.8 Å². The summed E-state index contributed by atoms with van der Waals surface area (Å²) in [4.78, 5) is 17.7. The lowest BCUT2D eigenvalue weighted by Crippen LogP contribution is -2.36. The van der Waals surface area contributed by atoms with Crippen molar-refractivity contribution in [3.05, 3.63) is 77.0 Å². The predicted octanol–water partition coefficient (Wildman–Crippen LogP) is 4.88. The van der Waals surface area contributed by atoms with Gasteiger partial charge in [0, 0.05) is 23.3 Å². The summed E-state index contributed by atoms with van der Waals surface area (Å²) in [5.74, 6) is 0.187. The minimum Gasteiger partial charge on any atom is -0.328 e. The topological polar surface area (TPSA) is 59.8 Å². The van der Waals surface area contributed by atoms with E-state index in [0.717, 1.165) is 5.70 Å². The van der Waals surface area contributed by atoms with Crippen LogP contribution in [0.5, 0.6) is 0 Å². The number of allylic oxidation sites excluding steroid dienone is 2. The Balaban J connectivity index is 1.68. The van der Waals surface area contributed by atoms with Crippen LogP contribution >= 0.6 is 0 Å². The third-order valence-corrected chi connectivity index (χ3v) is 5.60. The van der Waals surface area contributed by atoms with Gasteiger partial charge in [0.25, 0.3) is 0 Å². The second-order valence-electron chi connectivity index (χ2n) is 8.63. The van der Waals surface area contributed by atoms with E-state index in [-0.39, 0.29) is 22.8 Å². The SMILES string of the molecule is CC1(C)CC(=O)C2=C(C1)Nc1nc(-c3ccc(F)cc3)nn1C2c1cccc(F)c1. The third-order valence-electron chi connectivity index (χ3n) is 5.60. The third kappa shape index (κ3) is 3.10. The molecule has 1 aromatic heterocycles. The molecule has 1 unspecified atom stereocenters. The average molecular weight is 406 g/mol. The molecular formula is C23H20F2N4O. The number of carbonyl (C=O) groups is 1. The van der Waals surface area contributed by atoms with Crippen LogP contribution in [0.25, 0.3) is 11.4 Å². The van der Waals surface area contributed by atoms with E-state index in [1.807, 2.05) is 0 Å². The Morgan fingerprint density at radius 1 is 1.07 bits per heavy atom. The van der Waals surface area contributed by atoms with Gasteiger partial charge in [-0.2, -0.15) is 4.98 Å². The van der Waals surface area contributed by atoms with Crippen molar-refractivity contribution < 1.29 is 13.6 Å². The number of halogens is 2. The molecule has 0 amide bonds. The van der Waals surface area contributed by atoms with Crippen molar-refractivity contribution in [2.75, 3.05) is 5.32 Å². The highest BCUT2D eigenvalue weighted by atomic mass is 19.1. The number of nitrogens with one attached hydrogen (secondary N) is 1. The highest BCUT2D eigenvalue weighted by molar-refractivity contribution is 6.00. The number of fused-ring (bicyclic) bond motifs is 1. The van der Waals surface area contributed by atoms with E-state index in [2.05, 4.69) is 29.2 Å². The Labute approximate surface area is 172 Å². The van der Waals surface area contributed by atoms with Gasteiger partial charge >= 0.3 is 0 Å². The second kappa shape index (κ2) is 6.58. The van der Waals surface area contributed by atoms with Crippen molar-refractivity contribution in [3.63, 3.8) is 0 Å². The number of aromatic nitrogens is 3. The van der Waals surface area contributed by atoms with Crippen LogP contribution in [-0.2, 0) is 4.79 Å². The van der Waals surface area contributed by atoms with E-state index in [1.54, 1.807) is 28.9 Å². The summed E-state index contributed by atoms with van der Waals surface area (Å²) in [5.41, 5.74) is 2.51. The molecule has 1 N–H and O–H groups in total. The standard InChI is InChI=1S/C23H20F2N4O/c1-23(2)11-17-19(18(30)12-23)20(14-4-3-5-16(25)10-14)29-22(26-17)27-21(28-29)13-6-8-15(24)9-7-13/h3-10,20H,11-12H2,1-2H3,(H,26,27,28). The summed E-state index contributed by atoms with van der Waals surface area (Å²) >= 11 is 0. The fourth-order valence-electron chi connectivity index (χ4n) is 4.32. The molecular weight excluding hydrogens is 386 g/mol.